The Hall–Kier alpha value is -1.16. The summed E-state index contributed by atoms with van der Waals surface area (Å²) < 4.78 is 10.2. The van der Waals surface area contributed by atoms with E-state index in [-0.39, 0.29) is 12.0 Å². The lowest BCUT2D eigenvalue weighted by Gasteiger charge is -2.23. The smallest absolute Gasteiger partial charge is 0.402 e. The lowest BCUT2D eigenvalue weighted by atomic mass is 10.1. The Morgan fingerprint density at radius 1 is 1.30 bits per heavy atom. The molecule has 0 aromatic carbocycles. The van der Waals surface area contributed by atoms with E-state index in [1.807, 2.05) is 13.8 Å². The van der Waals surface area contributed by atoms with Gasteiger partial charge in [0.15, 0.2) is 0 Å². The molecule has 3 atom stereocenters. The van der Waals surface area contributed by atoms with Gasteiger partial charge in [0.2, 0.25) is 11.8 Å². The van der Waals surface area contributed by atoms with Crippen LogP contribution in [0.4, 0.5) is 0 Å². The average molecular weight is 330 g/mol. The molecule has 2 unspecified atom stereocenters. The number of nitrogens with one attached hydrogen (secondary N) is 2. The van der Waals surface area contributed by atoms with Crippen LogP contribution >= 0.6 is 0 Å². The molecule has 1 aliphatic rings. The van der Waals surface area contributed by atoms with Crippen LogP contribution in [0.25, 0.3) is 0 Å². The van der Waals surface area contributed by atoms with Crippen LogP contribution < -0.4 is 10.6 Å². The van der Waals surface area contributed by atoms with Crippen molar-refractivity contribution in [2.24, 2.45) is 11.8 Å². The fourth-order valence-corrected chi connectivity index (χ4v) is 2.30. The number of hydrogen-bond donors (Lipinski definition) is 4. The molecule has 0 aliphatic carbocycles. The van der Waals surface area contributed by atoms with E-state index < -0.39 is 31.3 Å². The van der Waals surface area contributed by atoms with E-state index in [1.165, 1.54) is 6.92 Å². The van der Waals surface area contributed by atoms with Crippen molar-refractivity contribution in [2.45, 2.75) is 52.4 Å². The fraction of sp³-hybridized carbons (Fsp3) is 0.857. The van der Waals surface area contributed by atoms with Crippen LogP contribution in [0.3, 0.4) is 0 Å². The molecular weight excluding hydrogens is 303 g/mol. The monoisotopic (exact) mass is 330 g/mol. The minimum absolute atomic E-state index is 0.00997. The minimum atomic E-state index is -1.98. The number of ether oxygens (including phenoxy) is 1. The van der Waals surface area contributed by atoms with Crippen molar-refractivity contribution >= 4 is 19.1 Å². The van der Waals surface area contributed by atoms with Gasteiger partial charge in [-0.3, -0.25) is 9.59 Å². The molecule has 1 rings (SSSR count). The summed E-state index contributed by atoms with van der Waals surface area (Å²) in [6.07, 6.45) is 1.42. The first-order valence-corrected chi connectivity index (χ1v) is 8.01. The molecule has 1 aliphatic heterocycles. The van der Waals surface area contributed by atoms with Gasteiger partial charge in [0.25, 0.3) is 0 Å². The van der Waals surface area contributed by atoms with Crippen LogP contribution in [0.2, 0.25) is 0 Å². The zero-order chi connectivity index (χ0) is 17.4. The molecule has 0 aromatic heterocycles. The highest BCUT2D eigenvalue weighted by atomic mass is 16.6. The molecule has 0 bridgehead atoms. The summed E-state index contributed by atoms with van der Waals surface area (Å²) >= 11 is 0. The van der Waals surface area contributed by atoms with Crippen molar-refractivity contribution in [1.29, 1.82) is 0 Å². The van der Waals surface area contributed by atoms with E-state index in [4.69, 9.17) is 19.4 Å². The fourth-order valence-electron chi connectivity index (χ4n) is 2.30. The SMILES string of the molecule is CC(C)C[C@H](NC(=O)C(C)C(=O)NCC1CCCO1)OB(O)O. The predicted molar refractivity (Wildman–Crippen MR) is 83.8 cm³/mol. The maximum Gasteiger partial charge on any atom is 0.635 e. The highest BCUT2D eigenvalue weighted by Crippen LogP contribution is 2.11. The van der Waals surface area contributed by atoms with Gasteiger partial charge in [0, 0.05) is 13.2 Å². The van der Waals surface area contributed by atoms with E-state index in [1.54, 1.807) is 0 Å². The second kappa shape index (κ2) is 9.87. The molecule has 0 spiro atoms. The first-order chi connectivity index (χ1) is 10.8. The van der Waals surface area contributed by atoms with Crippen molar-refractivity contribution in [2.75, 3.05) is 13.2 Å². The van der Waals surface area contributed by atoms with Gasteiger partial charge >= 0.3 is 7.32 Å². The van der Waals surface area contributed by atoms with E-state index in [2.05, 4.69) is 10.6 Å². The number of hydrogen-bond acceptors (Lipinski definition) is 6. The first kappa shape index (κ1) is 19.9. The molecule has 9 heteroatoms. The number of carbonyl (C=O) groups excluding carboxylic acids is 2. The van der Waals surface area contributed by atoms with Crippen molar-refractivity contribution in [3.05, 3.63) is 0 Å². The van der Waals surface area contributed by atoms with Crippen LogP contribution in [-0.4, -0.2) is 54.7 Å². The Labute approximate surface area is 137 Å². The largest absolute Gasteiger partial charge is 0.635 e. The molecule has 2 amide bonds. The Morgan fingerprint density at radius 3 is 2.52 bits per heavy atom. The quantitative estimate of drug-likeness (QED) is 0.255. The molecule has 0 radical (unpaired) electrons. The van der Waals surface area contributed by atoms with Gasteiger partial charge in [0.1, 0.15) is 12.1 Å². The molecule has 1 saturated heterocycles. The van der Waals surface area contributed by atoms with E-state index in [0.717, 1.165) is 12.8 Å². The van der Waals surface area contributed by atoms with Gasteiger partial charge in [0.05, 0.1) is 6.10 Å². The molecule has 0 saturated carbocycles. The van der Waals surface area contributed by atoms with E-state index in [9.17, 15) is 9.59 Å². The summed E-state index contributed by atoms with van der Waals surface area (Å²) in [7, 11) is -1.98. The van der Waals surface area contributed by atoms with Gasteiger partial charge < -0.3 is 30.1 Å². The second-order valence-corrected chi connectivity index (χ2v) is 6.19. The lowest BCUT2D eigenvalue weighted by Crippen LogP contribution is -2.47. The van der Waals surface area contributed by atoms with Gasteiger partial charge in [-0.05, 0) is 32.1 Å². The molecule has 1 fully saturated rings. The lowest BCUT2D eigenvalue weighted by molar-refractivity contribution is -0.136. The van der Waals surface area contributed by atoms with Gasteiger partial charge in [-0.1, -0.05) is 13.8 Å². The topological polar surface area (TPSA) is 117 Å². The summed E-state index contributed by atoms with van der Waals surface area (Å²) in [5.41, 5.74) is 0. The summed E-state index contributed by atoms with van der Waals surface area (Å²) in [5, 5.41) is 23.0. The first-order valence-electron chi connectivity index (χ1n) is 8.01. The van der Waals surface area contributed by atoms with Crippen LogP contribution in [0.15, 0.2) is 0 Å². The Balaban J connectivity index is 2.43. The Morgan fingerprint density at radius 2 is 2.00 bits per heavy atom. The standard InChI is InChI=1S/C14H27BN2O6/c1-9(2)7-12(23-15(20)21)17-14(19)10(3)13(18)16-8-11-5-4-6-22-11/h9-12,20-21H,4-8H2,1-3H3,(H,16,18)(H,17,19)/t10?,11?,12-/m1/s1. The third-order valence-corrected chi connectivity index (χ3v) is 3.59. The zero-order valence-electron chi connectivity index (χ0n) is 13.9. The van der Waals surface area contributed by atoms with E-state index in [0.29, 0.717) is 19.6 Å². The summed E-state index contributed by atoms with van der Waals surface area (Å²) in [5.74, 6) is -1.67. The molecule has 1 heterocycles. The molecular formula is C14H27BN2O6. The van der Waals surface area contributed by atoms with Crippen molar-refractivity contribution in [3.63, 3.8) is 0 Å². The summed E-state index contributed by atoms with van der Waals surface area (Å²) in [6, 6.07) is 0. The number of amides is 2. The molecule has 132 valence electrons. The summed E-state index contributed by atoms with van der Waals surface area (Å²) in [4.78, 5) is 24.1. The predicted octanol–water partition coefficient (Wildman–Crippen LogP) is -0.608. The van der Waals surface area contributed by atoms with E-state index >= 15 is 0 Å². The van der Waals surface area contributed by atoms with Crippen molar-refractivity contribution < 1.29 is 29.0 Å². The van der Waals surface area contributed by atoms with Crippen molar-refractivity contribution in [3.8, 4) is 0 Å². The van der Waals surface area contributed by atoms with Crippen LogP contribution in [0.1, 0.15) is 40.0 Å². The third-order valence-electron chi connectivity index (χ3n) is 3.59. The van der Waals surface area contributed by atoms with Crippen LogP contribution in [0, 0.1) is 11.8 Å². The second-order valence-electron chi connectivity index (χ2n) is 6.19. The summed E-state index contributed by atoms with van der Waals surface area (Å²) in [6.45, 7) is 6.39. The number of carbonyl (C=O) groups is 2. The molecule has 23 heavy (non-hydrogen) atoms. The minimum Gasteiger partial charge on any atom is -0.402 e. The van der Waals surface area contributed by atoms with Gasteiger partial charge in [-0.25, -0.2) is 0 Å². The molecule has 8 nitrogen and oxygen atoms in total. The Kier molecular flexibility index (Phi) is 8.53. The van der Waals surface area contributed by atoms with Gasteiger partial charge in [-0.15, -0.1) is 0 Å². The molecule has 4 N–H and O–H groups in total. The van der Waals surface area contributed by atoms with Crippen molar-refractivity contribution in [1.82, 2.24) is 10.6 Å². The van der Waals surface area contributed by atoms with Crippen LogP contribution in [-0.2, 0) is 19.0 Å². The highest BCUT2D eigenvalue weighted by Gasteiger charge is 2.27. The maximum atomic E-state index is 12.1. The third kappa shape index (κ3) is 7.78. The average Bonchev–Trinajstić information content (AvgIpc) is 2.95. The van der Waals surface area contributed by atoms with Gasteiger partial charge in [-0.2, -0.15) is 0 Å². The Bertz CT molecular complexity index is 377. The zero-order valence-corrected chi connectivity index (χ0v) is 13.9. The molecule has 0 aromatic rings. The number of rotatable bonds is 9. The maximum absolute atomic E-state index is 12.1. The highest BCUT2D eigenvalue weighted by molar-refractivity contribution is 6.32. The normalized spacial score (nSPS) is 20.2. The van der Waals surface area contributed by atoms with Crippen LogP contribution in [0.5, 0.6) is 0 Å².